The number of hydrogen-bond donors (Lipinski definition) is 2. The summed E-state index contributed by atoms with van der Waals surface area (Å²) in [6.07, 6.45) is 0. The minimum absolute atomic E-state index is 0.107. The van der Waals surface area contributed by atoms with Crippen molar-refractivity contribution in [1.29, 1.82) is 0 Å². The summed E-state index contributed by atoms with van der Waals surface area (Å²) in [6, 6.07) is 7.48. The van der Waals surface area contributed by atoms with E-state index in [4.69, 9.17) is 4.74 Å². The number of nitrogens with zero attached hydrogens (tertiary/aromatic N) is 4. The van der Waals surface area contributed by atoms with Gasteiger partial charge in [-0.15, -0.1) is 16.4 Å². The van der Waals surface area contributed by atoms with Gasteiger partial charge in [-0.3, -0.25) is 10.1 Å². The van der Waals surface area contributed by atoms with Crippen LogP contribution in [-0.4, -0.2) is 38.6 Å². The van der Waals surface area contributed by atoms with Crippen LogP contribution in [0.3, 0.4) is 0 Å². The summed E-state index contributed by atoms with van der Waals surface area (Å²) in [6.45, 7) is 0. The van der Waals surface area contributed by atoms with Crippen LogP contribution in [0.4, 0.5) is 5.95 Å². The zero-order valence-electron chi connectivity index (χ0n) is 10.9. The lowest BCUT2D eigenvalue weighted by molar-refractivity contribution is 0.102. The Balaban J connectivity index is 1.80. The molecule has 2 aromatic heterocycles. The van der Waals surface area contributed by atoms with E-state index in [1.54, 1.807) is 12.5 Å². The highest BCUT2D eigenvalue weighted by molar-refractivity contribution is 7.13. The first-order valence-corrected chi connectivity index (χ1v) is 6.79. The highest BCUT2D eigenvalue weighted by atomic mass is 32.1. The number of methoxy groups -OCH3 is 1. The monoisotopic (exact) mass is 302 g/mol. The van der Waals surface area contributed by atoms with Crippen LogP contribution >= 0.6 is 11.3 Å². The van der Waals surface area contributed by atoms with Gasteiger partial charge in [-0.1, -0.05) is 17.2 Å². The molecule has 2 N–H and O–H groups in total. The number of benzene rings is 1. The molecule has 0 fully saturated rings. The molecule has 0 atom stereocenters. The number of thiazole rings is 1. The molecular formula is C12H10N6O2S. The first kappa shape index (κ1) is 13.2. The van der Waals surface area contributed by atoms with Gasteiger partial charge >= 0.3 is 0 Å². The molecule has 0 saturated carbocycles. The number of anilines is 1. The summed E-state index contributed by atoms with van der Waals surface area (Å²) >= 11 is 1.37. The Labute approximate surface area is 123 Å². The Morgan fingerprint density at radius 3 is 3.10 bits per heavy atom. The van der Waals surface area contributed by atoms with Crippen LogP contribution in [0.5, 0.6) is 5.75 Å². The summed E-state index contributed by atoms with van der Waals surface area (Å²) in [7, 11) is 1.60. The van der Waals surface area contributed by atoms with E-state index in [-0.39, 0.29) is 11.9 Å². The third kappa shape index (κ3) is 2.87. The van der Waals surface area contributed by atoms with Crippen LogP contribution in [0.25, 0.3) is 10.6 Å². The molecule has 0 spiro atoms. The Morgan fingerprint density at radius 1 is 1.43 bits per heavy atom. The summed E-state index contributed by atoms with van der Waals surface area (Å²) in [5.74, 6) is 0.457. The van der Waals surface area contributed by atoms with E-state index in [9.17, 15) is 4.79 Å². The van der Waals surface area contributed by atoms with E-state index in [2.05, 4.69) is 30.9 Å². The predicted molar refractivity (Wildman–Crippen MR) is 76.2 cm³/mol. The second-order valence-electron chi connectivity index (χ2n) is 3.96. The molecule has 0 unspecified atom stereocenters. The topological polar surface area (TPSA) is 106 Å². The molecule has 1 amide bonds. The Bertz CT molecular complexity index is 755. The first-order valence-electron chi connectivity index (χ1n) is 5.91. The third-order valence-corrected chi connectivity index (χ3v) is 3.52. The maximum Gasteiger partial charge on any atom is 0.277 e. The molecule has 3 aromatic rings. The van der Waals surface area contributed by atoms with Crippen LogP contribution < -0.4 is 10.1 Å². The number of aromatic nitrogens is 5. The average molecular weight is 302 g/mol. The van der Waals surface area contributed by atoms with Gasteiger partial charge in [0.1, 0.15) is 16.5 Å². The Kier molecular flexibility index (Phi) is 3.56. The second-order valence-corrected chi connectivity index (χ2v) is 4.82. The van der Waals surface area contributed by atoms with Gasteiger partial charge in [-0.05, 0) is 17.3 Å². The minimum atomic E-state index is -0.387. The maximum absolute atomic E-state index is 12.0. The number of hydrogen-bond acceptors (Lipinski definition) is 7. The third-order valence-electron chi connectivity index (χ3n) is 2.62. The van der Waals surface area contributed by atoms with Crippen molar-refractivity contribution in [3.63, 3.8) is 0 Å². The molecule has 0 saturated heterocycles. The van der Waals surface area contributed by atoms with Gasteiger partial charge in [0.25, 0.3) is 11.9 Å². The molecule has 8 nitrogen and oxygen atoms in total. The summed E-state index contributed by atoms with van der Waals surface area (Å²) < 4.78 is 5.17. The van der Waals surface area contributed by atoms with Gasteiger partial charge in [0.2, 0.25) is 0 Å². The number of rotatable bonds is 4. The van der Waals surface area contributed by atoms with Gasteiger partial charge in [0.15, 0.2) is 0 Å². The number of tetrazole rings is 1. The van der Waals surface area contributed by atoms with Gasteiger partial charge in [-0.25, -0.2) is 4.98 Å². The molecule has 21 heavy (non-hydrogen) atoms. The molecule has 3 rings (SSSR count). The van der Waals surface area contributed by atoms with Gasteiger partial charge < -0.3 is 4.74 Å². The molecule has 0 aliphatic carbocycles. The molecule has 0 aliphatic heterocycles. The number of carbonyl (C=O) groups excluding carboxylic acids is 1. The van der Waals surface area contributed by atoms with Crippen molar-refractivity contribution in [3.8, 4) is 16.3 Å². The number of aromatic amines is 1. The molecule has 0 radical (unpaired) electrons. The normalized spacial score (nSPS) is 10.3. The van der Waals surface area contributed by atoms with Crippen LogP contribution in [0.2, 0.25) is 0 Å². The van der Waals surface area contributed by atoms with E-state index < -0.39 is 0 Å². The van der Waals surface area contributed by atoms with E-state index >= 15 is 0 Å². The average Bonchev–Trinajstić information content (AvgIpc) is 3.18. The Morgan fingerprint density at radius 2 is 2.33 bits per heavy atom. The van der Waals surface area contributed by atoms with E-state index in [0.29, 0.717) is 5.69 Å². The van der Waals surface area contributed by atoms with Gasteiger partial charge in [0.05, 0.1) is 7.11 Å². The fraction of sp³-hybridized carbons (Fsp3) is 0.0833. The van der Waals surface area contributed by atoms with E-state index in [1.165, 1.54) is 11.3 Å². The lowest BCUT2D eigenvalue weighted by Crippen LogP contribution is -2.13. The summed E-state index contributed by atoms with van der Waals surface area (Å²) in [5.41, 5.74) is 1.18. The maximum atomic E-state index is 12.0. The molecule has 2 heterocycles. The summed E-state index contributed by atoms with van der Waals surface area (Å²) in [5, 5.41) is 17.8. The number of carbonyl (C=O) groups is 1. The van der Waals surface area contributed by atoms with Crippen LogP contribution in [-0.2, 0) is 0 Å². The van der Waals surface area contributed by atoms with E-state index in [0.717, 1.165) is 16.3 Å². The SMILES string of the molecule is COc1cccc(-c2nc(C(=O)Nc3nn[nH]n3)cs2)c1. The highest BCUT2D eigenvalue weighted by Gasteiger charge is 2.14. The molecule has 1 aromatic carbocycles. The van der Waals surface area contributed by atoms with Crippen LogP contribution in [0.1, 0.15) is 10.5 Å². The zero-order valence-corrected chi connectivity index (χ0v) is 11.7. The van der Waals surface area contributed by atoms with Gasteiger partial charge in [0, 0.05) is 10.9 Å². The van der Waals surface area contributed by atoms with E-state index in [1.807, 2.05) is 24.3 Å². The van der Waals surface area contributed by atoms with Gasteiger partial charge in [-0.2, -0.15) is 5.21 Å². The van der Waals surface area contributed by atoms with Crippen molar-refractivity contribution in [2.75, 3.05) is 12.4 Å². The highest BCUT2D eigenvalue weighted by Crippen LogP contribution is 2.26. The molecule has 106 valence electrons. The lowest BCUT2D eigenvalue weighted by Gasteiger charge is -2.01. The fourth-order valence-corrected chi connectivity index (χ4v) is 2.44. The standard InChI is InChI=1S/C12H10N6O2S/c1-20-8-4-2-3-7(5-8)11-13-9(6-21-11)10(19)14-12-15-17-18-16-12/h2-6H,1H3,(H2,14,15,16,17,18,19). The Hall–Kier alpha value is -2.81. The van der Waals surface area contributed by atoms with Crippen molar-refractivity contribution >= 4 is 23.2 Å². The smallest absolute Gasteiger partial charge is 0.277 e. The van der Waals surface area contributed by atoms with Crippen molar-refractivity contribution in [2.45, 2.75) is 0 Å². The molecule has 9 heteroatoms. The van der Waals surface area contributed by atoms with Crippen LogP contribution in [0.15, 0.2) is 29.6 Å². The number of amides is 1. The van der Waals surface area contributed by atoms with Crippen molar-refractivity contribution in [1.82, 2.24) is 25.6 Å². The predicted octanol–water partition coefficient (Wildman–Crippen LogP) is 1.58. The quantitative estimate of drug-likeness (QED) is 0.758. The molecular weight excluding hydrogens is 292 g/mol. The number of nitrogens with one attached hydrogen (secondary N) is 2. The second kappa shape index (κ2) is 5.67. The lowest BCUT2D eigenvalue weighted by atomic mass is 10.2. The number of ether oxygens (including phenoxy) is 1. The zero-order chi connectivity index (χ0) is 14.7. The summed E-state index contributed by atoms with van der Waals surface area (Å²) in [4.78, 5) is 16.3. The largest absolute Gasteiger partial charge is 0.497 e. The van der Waals surface area contributed by atoms with Crippen molar-refractivity contribution in [2.24, 2.45) is 0 Å². The van der Waals surface area contributed by atoms with Crippen LogP contribution in [0, 0.1) is 0 Å². The van der Waals surface area contributed by atoms with Crippen molar-refractivity contribution < 1.29 is 9.53 Å². The number of H-pyrrole nitrogens is 1. The molecule has 0 aliphatic rings. The molecule has 0 bridgehead atoms. The van der Waals surface area contributed by atoms with Crippen molar-refractivity contribution in [3.05, 3.63) is 35.3 Å². The minimum Gasteiger partial charge on any atom is -0.497 e. The fourth-order valence-electron chi connectivity index (χ4n) is 1.65. The first-order chi connectivity index (χ1) is 10.3.